The van der Waals surface area contributed by atoms with Crippen molar-refractivity contribution in [2.45, 2.75) is 57.9 Å². The summed E-state index contributed by atoms with van der Waals surface area (Å²) in [5.74, 6) is -0.307. The average Bonchev–Trinajstić information content (AvgIpc) is 2.44. The van der Waals surface area contributed by atoms with Crippen LogP contribution in [0.3, 0.4) is 0 Å². The van der Waals surface area contributed by atoms with Crippen molar-refractivity contribution >= 4 is 19.9 Å². The second-order valence-corrected chi connectivity index (χ2v) is 12.7. The first-order chi connectivity index (χ1) is 10.2. The SMILES string of the molecule is C=C(CC)CNC1CCC(=O)N(COCC[Si](C)(C)C)C1=O. The number of carbonyl (C=O) groups is 2. The number of nitrogens with one attached hydrogen (secondary N) is 1. The molecular formula is C16H30N2O3Si. The number of hydrogen-bond acceptors (Lipinski definition) is 4. The molecule has 1 N–H and O–H groups in total. The lowest BCUT2D eigenvalue weighted by atomic mass is 10.0. The second kappa shape index (κ2) is 8.60. The van der Waals surface area contributed by atoms with Gasteiger partial charge in [-0.15, -0.1) is 0 Å². The van der Waals surface area contributed by atoms with Crippen LogP contribution < -0.4 is 5.32 Å². The van der Waals surface area contributed by atoms with E-state index in [0.717, 1.165) is 18.0 Å². The summed E-state index contributed by atoms with van der Waals surface area (Å²) in [5, 5.41) is 3.20. The van der Waals surface area contributed by atoms with Crippen LogP contribution >= 0.6 is 0 Å². The Morgan fingerprint density at radius 3 is 2.68 bits per heavy atom. The van der Waals surface area contributed by atoms with Gasteiger partial charge < -0.3 is 10.1 Å². The molecule has 0 aromatic rings. The molecule has 1 aliphatic heterocycles. The first kappa shape index (κ1) is 19.1. The van der Waals surface area contributed by atoms with Gasteiger partial charge in [-0.05, 0) is 18.9 Å². The lowest BCUT2D eigenvalue weighted by Crippen LogP contribution is -2.54. The number of hydrogen-bond donors (Lipinski definition) is 1. The Labute approximate surface area is 135 Å². The molecule has 0 aromatic carbocycles. The number of likely N-dealkylation sites (tertiary alicyclic amines) is 1. The Bertz CT molecular complexity index is 418. The summed E-state index contributed by atoms with van der Waals surface area (Å²) >= 11 is 0. The Kier molecular flexibility index (Phi) is 7.45. The van der Waals surface area contributed by atoms with Crippen molar-refractivity contribution in [1.82, 2.24) is 10.2 Å². The third-order valence-electron chi connectivity index (χ3n) is 3.83. The van der Waals surface area contributed by atoms with E-state index < -0.39 is 8.07 Å². The van der Waals surface area contributed by atoms with E-state index in [-0.39, 0.29) is 24.6 Å². The van der Waals surface area contributed by atoms with Gasteiger partial charge in [-0.25, -0.2) is 0 Å². The van der Waals surface area contributed by atoms with Gasteiger partial charge in [0.15, 0.2) is 0 Å². The van der Waals surface area contributed by atoms with E-state index in [4.69, 9.17) is 4.74 Å². The van der Waals surface area contributed by atoms with Crippen molar-refractivity contribution in [3.05, 3.63) is 12.2 Å². The summed E-state index contributed by atoms with van der Waals surface area (Å²) in [6.07, 6.45) is 1.83. The second-order valence-electron chi connectivity index (χ2n) is 7.08. The molecular weight excluding hydrogens is 296 g/mol. The summed E-state index contributed by atoms with van der Waals surface area (Å²) in [5.41, 5.74) is 1.06. The Morgan fingerprint density at radius 2 is 2.09 bits per heavy atom. The normalized spacial score (nSPS) is 19.6. The largest absolute Gasteiger partial charge is 0.361 e. The van der Waals surface area contributed by atoms with Gasteiger partial charge in [0.05, 0.1) is 6.04 Å². The van der Waals surface area contributed by atoms with Crippen molar-refractivity contribution in [1.29, 1.82) is 0 Å². The molecule has 1 unspecified atom stereocenters. The monoisotopic (exact) mass is 326 g/mol. The number of nitrogens with zero attached hydrogens (tertiary/aromatic N) is 1. The standard InChI is InChI=1S/C16H30N2O3Si/c1-6-13(2)11-17-14-7-8-15(19)18(16(14)20)12-21-9-10-22(3,4)5/h14,17H,2,6-12H2,1,3-5H3. The Morgan fingerprint density at radius 1 is 1.41 bits per heavy atom. The molecule has 5 nitrogen and oxygen atoms in total. The maximum absolute atomic E-state index is 12.4. The van der Waals surface area contributed by atoms with E-state index in [1.807, 2.05) is 6.92 Å². The van der Waals surface area contributed by atoms with Crippen molar-refractivity contribution in [2.75, 3.05) is 19.9 Å². The van der Waals surface area contributed by atoms with Crippen LogP contribution in [-0.2, 0) is 14.3 Å². The van der Waals surface area contributed by atoms with E-state index in [1.165, 1.54) is 4.90 Å². The molecule has 0 bridgehead atoms. The molecule has 0 spiro atoms. The molecule has 0 radical (unpaired) electrons. The van der Waals surface area contributed by atoms with E-state index in [1.54, 1.807) is 0 Å². The predicted molar refractivity (Wildman–Crippen MR) is 91.3 cm³/mol. The molecule has 0 aliphatic carbocycles. The number of ether oxygens (including phenoxy) is 1. The van der Waals surface area contributed by atoms with Crippen LogP contribution in [-0.4, -0.2) is 50.7 Å². The first-order valence-corrected chi connectivity index (χ1v) is 11.8. The first-order valence-electron chi connectivity index (χ1n) is 8.06. The highest BCUT2D eigenvalue weighted by Crippen LogP contribution is 2.14. The number of amides is 2. The Hall–Kier alpha value is -0.983. The average molecular weight is 327 g/mol. The third-order valence-corrected chi connectivity index (χ3v) is 5.53. The van der Waals surface area contributed by atoms with Crippen LogP contribution in [0.5, 0.6) is 0 Å². The van der Waals surface area contributed by atoms with Gasteiger partial charge in [-0.3, -0.25) is 14.5 Å². The van der Waals surface area contributed by atoms with Gasteiger partial charge in [0, 0.05) is 27.6 Å². The van der Waals surface area contributed by atoms with Gasteiger partial charge in [0.25, 0.3) is 0 Å². The summed E-state index contributed by atoms with van der Waals surface area (Å²) in [4.78, 5) is 25.5. The third kappa shape index (κ3) is 6.42. The zero-order valence-electron chi connectivity index (χ0n) is 14.4. The maximum atomic E-state index is 12.4. The van der Waals surface area contributed by atoms with Gasteiger partial charge in [0.1, 0.15) is 6.73 Å². The fourth-order valence-corrected chi connectivity index (χ4v) is 2.85. The molecule has 6 heteroatoms. The molecule has 22 heavy (non-hydrogen) atoms. The summed E-state index contributed by atoms with van der Waals surface area (Å²) in [6.45, 7) is 14.1. The molecule has 1 aliphatic rings. The molecule has 1 heterocycles. The van der Waals surface area contributed by atoms with Crippen molar-refractivity contribution < 1.29 is 14.3 Å². The van der Waals surface area contributed by atoms with Crippen LogP contribution in [0.4, 0.5) is 0 Å². The number of piperidine rings is 1. The highest BCUT2D eigenvalue weighted by atomic mass is 28.3. The fourth-order valence-electron chi connectivity index (χ4n) is 2.09. The van der Waals surface area contributed by atoms with Crippen molar-refractivity contribution in [2.24, 2.45) is 0 Å². The Balaban J connectivity index is 2.45. The lowest BCUT2D eigenvalue weighted by Gasteiger charge is -2.31. The minimum absolute atomic E-state index is 0.0784. The summed E-state index contributed by atoms with van der Waals surface area (Å²) < 4.78 is 5.56. The fraction of sp³-hybridized carbons (Fsp3) is 0.750. The molecule has 126 valence electrons. The number of carbonyl (C=O) groups excluding carboxylic acids is 2. The van der Waals surface area contributed by atoms with Crippen molar-refractivity contribution in [3.63, 3.8) is 0 Å². The van der Waals surface area contributed by atoms with E-state index in [2.05, 4.69) is 31.5 Å². The summed E-state index contributed by atoms with van der Waals surface area (Å²) in [6, 6.07) is 0.725. The number of imide groups is 1. The molecule has 1 rings (SSSR count). The molecule has 1 atom stereocenters. The topological polar surface area (TPSA) is 58.6 Å². The van der Waals surface area contributed by atoms with Crippen LogP contribution in [0.25, 0.3) is 0 Å². The minimum Gasteiger partial charge on any atom is -0.361 e. The maximum Gasteiger partial charge on any atom is 0.248 e. The van der Waals surface area contributed by atoms with Crippen LogP contribution in [0.1, 0.15) is 26.2 Å². The molecule has 0 aromatic heterocycles. The van der Waals surface area contributed by atoms with E-state index >= 15 is 0 Å². The van der Waals surface area contributed by atoms with Crippen molar-refractivity contribution in [3.8, 4) is 0 Å². The van der Waals surface area contributed by atoms with Crippen LogP contribution in [0.2, 0.25) is 25.7 Å². The van der Waals surface area contributed by atoms with Gasteiger partial charge in [0.2, 0.25) is 11.8 Å². The van der Waals surface area contributed by atoms with Crippen LogP contribution in [0, 0.1) is 0 Å². The molecule has 1 fully saturated rings. The van der Waals surface area contributed by atoms with E-state index in [9.17, 15) is 9.59 Å². The zero-order chi connectivity index (χ0) is 16.8. The zero-order valence-corrected chi connectivity index (χ0v) is 15.4. The smallest absolute Gasteiger partial charge is 0.248 e. The quantitative estimate of drug-likeness (QED) is 0.306. The molecule has 2 amide bonds. The molecule has 0 saturated carbocycles. The highest BCUT2D eigenvalue weighted by molar-refractivity contribution is 6.76. The van der Waals surface area contributed by atoms with E-state index in [0.29, 0.717) is 26.0 Å². The highest BCUT2D eigenvalue weighted by Gasteiger charge is 2.34. The van der Waals surface area contributed by atoms with Gasteiger partial charge in [-0.2, -0.15) is 0 Å². The minimum atomic E-state index is -1.16. The van der Waals surface area contributed by atoms with Gasteiger partial charge in [-0.1, -0.05) is 38.7 Å². The van der Waals surface area contributed by atoms with Crippen LogP contribution in [0.15, 0.2) is 12.2 Å². The van der Waals surface area contributed by atoms with Gasteiger partial charge >= 0.3 is 0 Å². The number of rotatable bonds is 9. The lowest BCUT2D eigenvalue weighted by molar-refractivity contribution is -0.156. The molecule has 1 saturated heterocycles. The predicted octanol–water partition coefficient (Wildman–Crippen LogP) is 2.37. The summed E-state index contributed by atoms with van der Waals surface area (Å²) in [7, 11) is -1.16.